The lowest BCUT2D eigenvalue weighted by Gasteiger charge is -2.28. The van der Waals surface area contributed by atoms with Gasteiger partial charge in [0.05, 0.1) is 18.8 Å². The molecule has 6 heteroatoms. The van der Waals surface area contributed by atoms with Crippen LogP contribution in [0.4, 0.5) is 0 Å². The number of hydrogen-bond donors (Lipinski definition) is 3. The molecule has 1 heterocycles. The molecule has 1 aromatic carbocycles. The number of aliphatic hydroxyl groups is 2. The summed E-state index contributed by atoms with van der Waals surface area (Å²) in [5.74, 6) is 1.98. The average molecular weight is 372 g/mol. The van der Waals surface area contributed by atoms with E-state index in [1.54, 1.807) is 24.3 Å². The molecule has 0 aliphatic carbocycles. The number of benzene rings is 1. The third kappa shape index (κ3) is 5.56. The fourth-order valence-corrected chi connectivity index (χ4v) is 3.21. The Morgan fingerprint density at radius 1 is 1.33 bits per heavy atom. The second-order valence-electron chi connectivity index (χ2n) is 8.20. The molecule has 0 spiro atoms. The van der Waals surface area contributed by atoms with Crippen LogP contribution >= 0.6 is 0 Å². The van der Waals surface area contributed by atoms with Crippen LogP contribution in [0.3, 0.4) is 0 Å². The van der Waals surface area contributed by atoms with E-state index in [2.05, 4.69) is 11.2 Å². The second-order valence-corrected chi connectivity index (χ2v) is 8.20. The summed E-state index contributed by atoms with van der Waals surface area (Å²) in [5, 5.41) is 22.5. The molecule has 1 unspecified atom stereocenters. The fourth-order valence-electron chi connectivity index (χ4n) is 3.21. The van der Waals surface area contributed by atoms with Crippen LogP contribution in [0, 0.1) is 17.8 Å². The Bertz CT molecular complexity index is 715. The van der Waals surface area contributed by atoms with Gasteiger partial charge in [0.1, 0.15) is 6.04 Å². The maximum atomic E-state index is 12.8. The van der Waals surface area contributed by atoms with Crippen molar-refractivity contribution in [2.24, 2.45) is 5.41 Å². The van der Waals surface area contributed by atoms with Crippen molar-refractivity contribution in [1.82, 2.24) is 10.2 Å². The zero-order valence-electron chi connectivity index (χ0n) is 16.1. The number of carbonyl (C=O) groups excluding carboxylic acids is 2. The number of carbonyl (C=O) groups is 2. The summed E-state index contributed by atoms with van der Waals surface area (Å²) >= 11 is 0. The van der Waals surface area contributed by atoms with E-state index in [0.29, 0.717) is 12.0 Å². The lowest BCUT2D eigenvalue weighted by molar-refractivity contribution is -0.140. The first-order valence-corrected chi connectivity index (χ1v) is 9.10. The quantitative estimate of drug-likeness (QED) is 0.678. The van der Waals surface area contributed by atoms with Crippen molar-refractivity contribution in [3.8, 4) is 12.3 Å². The van der Waals surface area contributed by atoms with Crippen molar-refractivity contribution in [3.05, 3.63) is 35.4 Å². The minimum Gasteiger partial charge on any atom is -0.394 e. The van der Waals surface area contributed by atoms with Gasteiger partial charge < -0.3 is 20.4 Å². The molecule has 27 heavy (non-hydrogen) atoms. The van der Waals surface area contributed by atoms with Gasteiger partial charge in [-0.2, -0.15) is 0 Å². The van der Waals surface area contributed by atoms with Crippen LogP contribution in [-0.2, 0) is 9.59 Å². The Morgan fingerprint density at radius 3 is 2.48 bits per heavy atom. The van der Waals surface area contributed by atoms with E-state index in [1.807, 2.05) is 20.8 Å². The number of rotatable bonds is 5. The predicted octanol–water partition coefficient (Wildman–Crippen LogP) is 1.22. The SMILES string of the molecule is C#Cc1ccc(C(CO)NC(=O)[C@@H]2C[C@@H](O)CN2C(=O)CC(C)(C)C)cc1. The van der Waals surface area contributed by atoms with E-state index in [4.69, 9.17) is 6.42 Å². The number of likely N-dealkylation sites (tertiary alicyclic amines) is 1. The third-order valence-corrected chi connectivity index (χ3v) is 4.56. The minimum atomic E-state index is -0.742. The van der Waals surface area contributed by atoms with Crippen LogP contribution in [0.25, 0.3) is 0 Å². The lowest BCUT2D eigenvalue weighted by Crippen LogP contribution is -2.48. The van der Waals surface area contributed by atoms with Gasteiger partial charge in [0.15, 0.2) is 0 Å². The maximum absolute atomic E-state index is 12.8. The van der Waals surface area contributed by atoms with Crippen LogP contribution in [-0.4, -0.2) is 52.2 Å². The van der Waals surface area contributed by atoms with E-state index >= 15 is 0 Å². The zero-order chi connectivity index (χ0) is 20.2. The average Bonchev–Trinajstić information content (AvgIpc) is 3.00. The number of terminal acetylenes is 1. The summed E-state index contributed by atoms with van der Waals surface area (Å²) in [4.78, 5) is 26.8. The van der Waals surface area contributed by atoms with Gasteiger partial charge in [-0.05, 0) is 23.1 Å². The summed E-state index contributed by atoms with van der Waals surface area (Å²) in [6.07, 6.45) is 5.09. The van der Waals surface area contributed by atoms with Crippen molar-refractivity contribution in [1.29, 1.82) is 0 Å². The van der Waals surface area contributed by atoms with Crippen LogP contribution in [0.15, 0.2) is 24.3 Å². The summed E-state index contributed by atoms with van der Waals surface area (Å²) in [6.45, 7) is 5.72. The molecular weight excluding hydrogens is 344 g/mol. The number of amides is 2. The first-order chi connectivity index (χ1) is 12.6. The Morgan fingerprint density at radius 2 is 1.96 bits per heavy atom. The highest BCUT2D eigenvalue weighted by molar-refractivity contribution is 5.88. The molecule has 1 aliphatic heterocycles. The number of nitrogens with zero attached hydrogens (tertiary/aromatic N) is 1. The molecule has 1 fully saturated rings. The van der Waals surface area contributed by atoms with Crippen molar-refractivity contribution in [2.45, 2.75) is 51.8 Å². The molecule has 2 amide bonds. The van der Waals surface area contributed by atoms with Gasteiger partial charge in [0.2, 0.25) is 11.8 Å². The molecule has 1 aromatic rings. The summed E-state index contributed by atoms with van der Waals surface area (Å²) < 4.78 is 0. The molecule has 0 bridgehead atoms. The smallest absolute Gasteiger partial charge is 0.243 e. The van der Waals surface area contributed by atoms with Gasteiger partial charge in [0.25, 0.3) is 0 Å². The van der Waals surface area contributed by atoms with E-state index < -0.39 is 18.2 Å². The predicted molar refractivity (Wildman–Crippen MR) is 103 cm³/mol. The lowest BCUT2D eigenvalue weighted by atomic mass is 9.91. The first kappa shape index (κ1) is 20.9. The summed E-state index contributed by atoms with van der Waals surface area (Å²) in [7, 11) is 0. The third-order valence-electron chi connectivity index (χ3n) is 4.56. The monoisotopic (exact) mass is 372 g/mol. The van der Waals surface area contributed by atoms with E-state index in [-0.39, 0.29) is 36.8 Å². The zero-order valence-corrected chi connectivity index (χ0v) is 16.1. The normalized spacial score (nSPS) is 20.8. The Hall–Kier alpha value is -2.36. The first-order valence-electron chi connectivity index (χ1n) is 9.10. The molecule has 6 nitrogen and oxygen atoms in total. The van der Waals surface area contributed by atoms with Crippen LogP contribution in [0.1, 0.15) is 50.8 Å². The van der Waals surface area contributed by atoms with E-state index in [9.17, 15) is 19.8 Å². The second kappa shape index (κ2) is 8.55. The Balaban J connectivity index is 2.11. The highest BCUT2D eigenvalue weighted by Crippen LogP contribution is 2.26. The molecule has 0 aromatic heterocycles. The highest BCUT2D eigenvalue weighted by Gasteiger charge is 2.40. The number of aliphatic hydroxyl groups excluding tert-OH is 2. The van der Waals surface area contributed by atoms with Crippen molar-refractivity contribution >= 4 is 11.8 Å². The molecule has 3 N–H and O–H groups in total. The molecule has 1 aliphatic rings. The number of β-amino-alcohol motifs (C(OH)–C–C–N with tert-alkyl or cyclic N) is 1. The molecular formula is C21H28N2O4. The molecule has 146 valence electrons. The van der Waals surface area contributed by atoms with E-state index in [1.165, 1.54) is 4.90 Å². The molecule has 2 rings (SSSR count). The van der Waals surface area contributed by atoms with Crippen molar-refractivity contribution < 1.29 is 19.8 Å². The highest BCUT2D eigenvalue weighted by atomic mass is 16.3. The number of hydrogen-bond acceptors (Lipinski definition) is 4. The van der Waals surface area contributed by atoms with Crippen LogP contribution in [0.2, 0.25) is 0 Å². The van der Waals surface area contributed by atoms with Crippen molar-refractivity contribution in [3.63, 3.8) is 0 Å². The summed E-state index contributed by atoms with van der Waals surface area (Å²) in [5.41, 5.74) is 1.22. The fraction of sp³-hybridized carbons (Fsp3) is 0.524. The van der Waals surface area contributed by atoms with Crippen molar-refractivity contribution in [2.75, 3.05) is 13.2 Å². The van der Waals surface area contributed by atoms with Gasteiger partial charge in [-0.15, -0.1) is 6.42 Å². The van der Waals surface area contributed by atoms with Crippen LogP contribution < -0.4 is 5.32 Å². The maximum Gasteiger partial charge on any atom is 0.243 e. The largest absolute Gasteiger partial charge is 0.394 e. The van der Waals surface area contributed by atoms with E-state index in [0.717, 1.165) is 5.56 Å². The number of nitrogens with one attached hydrogen (secondary N) is 1. The molecule has 0 radical (unpaired) electrons. The Labute approximate surface area is 160 Å². The molecule has 1 saturated heterocycles. The minimum absolute atomic E-state index is 0.146. The molecule has 3 atom stereocenters. The Kier molecular flexibility index (Phi) is 6.63. The summed E-state index contributed by atoms with van der Waals surface area (Å²) in [6, 6.07) is 5.63. The molecule has 0 saturated carbocycles. The van der Waals surface area contributed by atoms with Gasteiger partial charge >= 0.3 is 0 Å². The van der Waals surface area contributed by atoms with Gasteiger partial charge in [-0.25, -0.2) is 0 Å². The van der Waals surface area contributed by atoms with Crippen LogP contribution in [0.5, 0.6) is 0 Å². The topological polar surface area (TPSA) is 89.9 Å². The van der Waals surface area contributed by atoms with Gasteiger partial charge in [-0.3, -0.25) is 9.59 Å². The van der Waals surface area contributed by atoms with Gasteiger partial charge in [-0.1, -0.05) is 38.8 Å². The standard InChI is InChI=1S/C21H28N2O4/c1-5-14-6-8-15(9-7-14)17(13-24)22-20(27)18-10-16(25)12-23(18)19(26)11-21(2,3)4/h1,6-9,16-18,24-25H,10-13H2,2-4H3,(H,22,27)/t16-,17?,18+/m1/s1. The van der Waals surface area contributed by atoms with Gasteiger partial charge in [0, 0.05) is 24.9 Å².